The monoisotopic (exact) mass is 519 g/mol. The lowest BCUT2D eigenvalue weighted by molar-refractivity contribution is -0.660. The second-order valence-electron chi connectivity index (χ2n) is 7.31. The number of nitrogens with zero attached hydrogens (tertiary/aromatic N) is 5. The number of nitrogen functional groups attached to an aromatic ring is 1. The molecule has 3 aromatic rings. The van der Waals surface area contributed by atoms with E-state index in [0.717, 1.165) is 16.3 Å². The van der Waals surface area contributed by atoms with E-state index in [9.17, 15) is 19.5 Å². The SMILES string of the molecule is CO/N=C(\C(=O)N[C@@H]1C(=O)N2C(C(=O)[O-])=C(C[n+]3ccn4ccsc43)CS[C@H]12)c1csc(N)n1. The smallest absolute Gasteiger partial charge is 0.345 e. The van der Waals surface area contributed by atoms with Crippen LogP contribution in [-0.2, 0) is 25.8 Å². The van der Waals surface area contributed by atoms with Crippen molar-refractivity contribution in [3.63, 3.8) is 0 Å². The van der Waals surface area contributed by atoms with E-state index in [1.165, 1.54) is 35.1 Å². The Balaban J connectivity index is 1.36. The van der Waals surface area contributed by atoms with E-state index in [2.05, 4.69) is 15.5 Å². The van der Waals surface area contributed by atoms with Crippen LogP contribution in [0, 0.1) is 0 Å². The zero-order chi connectivity index (χ0) is 24.0. The van der Waals surface area contributed by atoms with E-state index in [-0.39, 0.29) is 22.2 Å². The molecule has 0 aliphatic carbocycles. The molecule has 5 rings (SSSR count). The predicted octanol–water partition coefficient (Wildman–Crippen LogP) is -1.22. The zero-order valence-electron chi connectivity index (χ0n) is 17.5. The topological polar surface area (TPSA) is 158 Å². The van der Waals surface area contributed by atoms with Gasteiger partial charge < -0.3 is 25.8 Å². The van der Waals surface area contributed by atoms with Crippen LogP contribution in [0.15, 0.2) is 45.8 Å². The molecule has 34 heavy (non-hydrogen) atoms. The van der Waals surface area contributed by atoms with Gasteiger partial charge in [0.2, 0.25) is 0 Å². The fourth-order valence-corrected chi connectivity index (χ4v) is 6.55. The Bertz CT molecular complexity index is 1370. The van der Waals surface area contributed by atoms with Crippen molar-refractivity contribution >= 4 is 68.0 Å². The minimum Gasteiger partial charge on any atom is -0.543 e. The maximum Gasteiger partial charge on any atom is 0.345 e. The molecule has 1 fully saturated rings. The molecule has 176 valence electrons. The molecule has 0 aromatic carbocycles. The molecule has 0 spiro atoms. The number of carboxylic acid groups (broad SMARTS) is 1. The molecule has 15 heteroatoms. The highest BCUT2D eigenvalue weighted by atomic mass is 32.2. The van der Waals surface area contributed by atoms with Crippen molar-refractivity contribution in [3.8, 4) is 0 Å². The van der Waals surface area contributed by atoms with Crippen molar-refractivity contribution in [1.82, 2.24) is 19.6 Å². The van der Waals surface area contributed by atoms with Crippen molar-refractivity contribution < 1.29 is 28.9 Å². The molecule has 12 nitrogen and oxygen atoms in total. The molecule has 2 amide bonds. The number of hydrogen-bond acceptors (Lipinski definition) is 11. The van der Waals surface area contributed by atoms with E-state index in [1.54, 1.807) is 5.38 Å². The second kappa shape index (κ2) is 8.73. The molecular weight excluding hydrogens is 502 g/mol. The number of aromatic nitrogens is 3. The van der Waals surface area contributed by atoms with Crippen LogP contribution in [0.3, 0.4) is 0 Å². The molecule has 0 radical (unpaired) electrons. The van der Waals surface area contributed by atoms with Gasteiger partial charge in [-0.05, 0) is 0 Å². The van der Waals surface area contributed by atoms with Gasteiger partial charge in [-0.2, -0.15) is 4.40 Å². The Morgan fingerprint density at radius 2 is 2.24 bits per heavy atom. The van der Waals surface area contributed by atoms with Crippen molar-refractivity contribution in [2.75, 3.05) is 18.6 Å². The highest BCUT2D eigenvalue weighted by Gasteiger charge is 2.53. The van der Waals surface area contributed by atoms with Gasteiger partial charge in [0, 0.05) is 22.1 Å². The van der Waals surface area contributed by atoms with Crippen LogP contribution < -0.4 is 20.7 Å². The third kappa shape index (κ3) is 3.70. The predicted molar refractivity (Wildman–Crippen MR) is 123 cm³/mol. The van der Waals surface area contributed by atoms with Crippen molar-refractivity contribution in [1.29, 1.82) is 0 Å². The number of β-lactam (4-membered cyclic amide) rings is 1. The van der Waals surface area contributed by atoms with E-state index in [4.69, 9.17) is 10.6 Å². The lowest BCUT2D eigenvalue weighted by Gasteiger charge is -2.50. The first-order valence-electron chi connectivity index (χ1n) is 9.84. The molecule has 2 atom stereocenters. The van der Waals surface area contributed by atoms with Gasteiger partial charge in [-0.1, -0.05) is 16.5 Å². The Morgan fingerprint density at radius 3 is 2.94 bits per heavy atom. The number of thioether (sulfide) groups is 1. The van der Waals surface area contributed by atoms with Gasteiger partial charge in [0.05, 0.1) is 11.7 Å². The number of nitrogens with two attached hydrogens (primary N) is 1. The van der Waals surface area contributed by atoms with E-state index < -0.39 is 29.2 Å². The number of rotatable bonds is 7. The number of fused-ring (bicyclic) bond motifs is 2. The number of carbonyl (C=O) groups excluding carboxylic acids is 3. The summed E-state index contributed by atoms with van der Waals surface area (Å²) in [5.74, 6) is -2.29. The summed E-state index contributed by atoms with van der Waals surface area (Å²) in [6.07, 6.45) is 5.63. The lowest BCUT2D eigenvalue weighted by atomic mass is 10.0. The number of amides is 2. The molecule has 3 aromatic heterocycles. The first-order chi connectivity index (χ1) is 16.4. The number of aliphatic carboxylic acids is 1. The molecule has 0 saturated carbocycles. The highest BCUT2D eigenvalue weighted by molar-refractivity contribution is 8.00. The quantitative estimate of drug-likeness (QED) is 0.170. The highest BCUT2D eigenvalue weighted by Crippen LogP contribution is 2.40. The molecule has 2 aliphatic rings. The third-order valence-electron chi connectivity index (χ3n) is 5.32. The maximum atomic E-state index is 12.9. The third-order valence-corrected chi connectivity index (χ3v) is 8.25. The molecule has 3 N–H and O–H groups in total. The van der Waals surface area contributed by atoms with E-state index >= 15 is 0 Å². The number of hydrogen-bond donors (Lipinski definition) is 2. The summed E-state index contributed by atoms with van der Waals surface area (Å²) >= 11 is 4.02. The summed E-state index contributed by atoms with van der Waals surface area (Å²) in [7, 11) is 1.28. The Labute approximate surface area is 204 Å². The Hall–Kier alpha value is -3.43. The van der Waals surface area contributed by atoms with Crippen LogP contribution in [0.2, 0.25) is 0 Å². The molecule has 5 heterocycles. The maximum absolute atomic E-state index is 12.9. The minimum absolute atomic E-state index is 0.135. The average molecular weight is 520 g/mol. The van der Waals surface area contributed by atoms with E-state index in [1.807, 2.05) is 32.9 Å². The van der Waals surface area contributed by atoms with Gasteiger partial charge in [0.1, 0.15) is 49.4 Å². The fraction of sp³-hybridized carbons (Fsp3) is 0.263. The molecule has 2 aliphatic heterocycles. The van der Waals surface area contributed by atoms with Crippen LogP contribution in [0.25, 0.3) is 4.96 Å². The van der Waals surface area contributed by atoms with Crippen LogP contribution in [0.4, 0.5) is 5.13 Å². The summed E-state index contributed by atoms with van der Waals surface area (Å²) in [5, 5.41) is 21.5. The van der Waals surface area contributed by atoms with E-state index in [0.29, 0.717) is 17.9 Å². The first kappa shape index (κ1) is 22.4. The second-order valence-corrected chi connectivity index (χ2v) is 10.2. The van der Waals surface area contributed by atoms with Gasteiger partial charge in [0.15, 0.2) is 10.8 Å². The average Bonchev–Trinajstić information content (AvgIpc) is 3.54. The van der Waals surface area contributed by atoms with Gasteiger partial charge in [-0.15, -0.1) is 23.1 Å². The number of carbonyl (C=O) groups is 3. The largest absolute Gasteiger partial charge is 0.543 e. The lowest BCUT2D eigenvalue weighted by Crippen LogP contribution is -2.71. The normalized spacial score (nSPS) is 20.3. The molecule has 0 unspecified atom stereocenters. The summed E-state index contributed by atoms with van der Waals surface area (Å²) in [4.78, 5) is 48.7. The van der Waals surface area contributed by atoms with Crippen LogP contribution >= 0.6 is 34.4 Å². The van der Waals surface area contributed by atoms with Gasteiger partial charge >= 0.3 is 4.96 Å². The number of oxime groups is 1. The minimum atomic E-state index is -1.43. The van der Waals surface area contributed by atoms with Crippen LogP contribution in [-0.4, -0.2) is 62.1 Å². The molecular formula is C19H17N7O5S3. The number of carboxylic acids is 1. The van der Waals surface area contributed by atoms with Crippen LogP contribution in [0.5, 0.6) is 0 Å². The molecule has 1 saturated heterocycles. The van der Waals surface area contributed by atoms with Gasteiger partial charge in [-0.3, -0.25) is 14.5 Å². The summed E-state index contributed by atoms with van der Waals surface area (Å²) < 4.78 is 3.85. The van der Waals surface area contributed by atoms with Gasteiger partial charge in [0.25, 0.3) is 11.8 Å². The summed E-state index contributed by atoms with van der Waals surface area (Å²) in [6, 6.07) is -0.933. The number of thiazole rings is 2. The summed E-state index contributed by atoms with van der Waals surface area (Å²) in [6.45, 7) is 0.302. The van der Waals surface area contributed by atoms with Crippen molar-refractivity contribution in [2.24, 2.45) is 5.16 Å². The zero-order valence-corrected chi connectivity index (χ0v) is 20.0. The standard InChI is InChI=1S/C19H17N7O5S3/c1-31-23-11(10-8-34-18(20)21-10)14(27)22-12-15(28)26-13(17(29)30)9(7-33-16(12)26)6-25-3-2-24-4-5-32-19(24)25/h2-5,8,12,16H,6-7H2,1H3,(H3-,20,21,22,27,29,30)/b23-11-/t12-,16-/m1/s1. The summed E-state index contributed by atoms with van der Waals surface area (Å²) in [5.41, 5.74) is 6.12. The number of nitrogens with one attached hydrogen (secondary N) is 1. The fourth-order valence-electron chi connectivity index (χ4n) is 3.85. The van der Waals surface area contributed by atoms with Crippen LogP contribution in [0.1, 0.15) is 5.69 Å². The van der Waals surface area contributed by atoms with Gasteiger partial charge in [-0.25, -0.2) is 9.55 Å². The molecule has 0 bridgehead atoms. The first-order valence-corrected chi connectivity index (χ1v) is 12.6. The van der Waals surface area contributed by atoms with Crippen molar-refractivity contribution in [2.45, 2.75) is 18.0 Å². The number of imidazole rings is 1. The van der Waals surface area contributed by atoms with Crippen molar-refractivity contribution in [3.05, 3.63) is 46.3 Å². The Morgan fingerprint density at radius 1 is 1.41 bits per heavy atom. The Kier molecular flexibility index (Phi) is 5.75. The number of anilines is 1.